The van der Waals surface area contributed by atoms with Gasteiger partial charge in [-0.2, -0.15) is 4.99 Å². The molecule has 4 N–H and O–H groups in total. The van der Waals surface area contributed by atoms with Gasteiger partial charge in [-0.1, -0.05) is 12.5 Å². The maximum absolute atomic E-state index is 14.9. The molecule has 8 heteroatoms. The molecular formula is C21H24FN5O2. The van der Waals surface area contributed by atoms with E-state index in [-0.39, 0.29) is 17.7 Å². The molecule has 7 nitrogen and oxygen atoms in total. The predicted molar refractivity (Wildman–Crippen MR) is 111 cm³/mol. The second-order valence-electron chi connectivity index (χ2n) is 7.21. The van der Waals surface area contributed by atoms with Gasteiger partial charge < -0.3 is 20.9 Å². The van der Waals surface area contributed by atoms with Gasteiger partial charge in [-0.3, -0.25) is 4.90 Å². The van der Waals surface area contributed by atoms with E-state index in [9.17, 15) is 4.39 Å². The van der Waals surface area contributed by atoms with Gasteiger partial charge in [-0.05, 0) is 49.9 Å². The van der Waals surface area contributed by atoms with Crippen LogP contribution in [0.15, 0.2) is 52.4 Å². The predicted octanol–water partition coefficient (Wildman–Crippen LogP) is 3.74. The van der Waals surface area contributed by atoms with E-state index in [1.165, 1.54) is 6.07 Å². The molecule has 1 heterocycles. The molecule has 4 rings (SSSR count). The van der Waals surface area contributed by atoms with Crippen molar-refractivity contribution < 1.29 is 13.9 Å². The molecule has 29 heavy (non-hydrogen) atoms. The van der Waals surface area contributed by atoms with Crippen molar-refractivity contribution in [2.45, 2.75) is 37.8 Å². The highest BCUT2D eigenvalue weighted by atomic mass is 19.1. The summed E-state index contributed by atoms with van der Waals surface area (Å²) >= 11 is 0. The number of nitrogens with two attached hydrogens (primary N) is 2. The number of benzene rings is 2. The minimum absolute atomic E-state index is 0.107. The van der Waals surface area contributed by atoms with Gasteiger partial charge >= 0.3 is 0 Å². The quantitative estimate of drug-likeness (QED) is 0.819. The van der Waals surface area contributed by atoms with Gasteiger partial charge in [0.15, 0.2) is 11.6 Å². The van der Waals surface area contributed by atoms with Crippen LogP contribution in [0.4, 0.5) is 10.1 Å². The lowest BCUT2D eigenvalue weighted by Crippen LogP contribution is -2.58. The van der Waals surface area contributed by atoms with Gasteiger partial charge in [0.2, 0.25) is 11.9 Å². The molecule has 0 amide bonds. The monoisotopic (exact) mass is 397 g/mol. The Bertz CT molecular complexity index is 969. The second-order valence-corrected chi connectivity index (χ2v) is 7.21. The van der Waals surface area contributed by atoms with Crippen molar-refractivity contribution in [1.29, 1.82) is 0 Å². The highest BCUT2D eigenvalue weighted by Gasteiger charge is 2.42. The Morgan fingerprint density at radius 3 is 2.52 bits per heavy atom. The number of hydrogen-bond donors (Lipinski definition) is 2. The van der Waals surface area contributed by atoms with Crippen molar-refractivity contribution >= 4 is 17.6 Å². The molecule has 1 aliphatic heterocycles. The smallest absolute Gasteiger partial charge is 0.220 e. The van der Waals surface area contributed by atoms with Crippen molar-refractivity contribution in [1.82, 2.24) is 0 Å². The van der Waals surface area contributed by atoms with Crippen molar-refractivity contribution in [2.75, 3.05) is 12.0 Å². The van der Waals surface area contributed by atoms with Crippen LogP contribution in [0.25, 0.3) is 0 Å². The van der Waals surface area contributed by atoms with Gasteiger partial charge in [0.1, 0.15) is 17.2 Å². The first kappa shape index (κ1) is 19.0. The number of rotatable bonds is 4. The van der Waals surface area contributed by atoms with Gasteiger partial charge in [0.25, 0.3) is 0 Å². The lowest BCUT2D eigenvalue weighted by Gasteiger charge is -2.45. The number of anilines is 1. The number of hydrogen-bond acceptors (Lipinski definition) is 7. The summed E-state index contributed by atoms with van der Waals surface area (Å²) in [5.41, 5.74) is 12.0. The largest absolute Gasteiger partial charge is 0.497 e. The Morgan fingerprint density at radius 2 is 1.79 bits per heavy atom. The lowest BCUT2D eigenvalue weighted by molar-refractivity contribution is 0.305. The Labute approximate surface area is 168 Å². The minimum Gasteiger partial charge on any atom is -0.497 e. The second kappa shape index (κ2) is 7.62. The van der Waals surface area contributed by atoms with Gasteiger partial charge in [0, 0.05) is 17.8 Å². The van der Waals surface area contributed by atoms with E-state index in [4.69, 9.17) is 20.9 Å². The van der Waals surface area contributed by atoms with E-state index in [2.05, 4.69) is 9.98 Å². The van der Waals surface area contributed by atoms with Gasteiger partial charge in [-0.25, -0.2) is 9.38 Å². The molecule has 1 aliphatic carbocycles. The molecule has 0 saturated heterocycles. The van der Waals surface area contributed by atoms with Crippen LogP contribution in [0, 0.1) is 5.82 Å². The molecule has 1 saturated carbocycles. The van der Waals surface area contributed by atoms with Crippen LogP contribution in [-0.4, -0.2) is 24.7 Å². The van der Waals surface area contributed by atoms with Gasteiger partial charge in [0.05, 0.1) is 7.11 Å². The number of nitrogens with zero attached hydrogens (tertiary/aromatic N) is 3. The average molecular weight is 397 g/mol. The van der Waals surface area contributed by atoms with E-state index in [1.807, 2.05) is 0 Å². The maximum atomic E-state index is 14.9. The number of aliphatic imine (C=N–C) groups is 2. The summed E-state index contributed by atoms with van der Waals surface area (Å²) in [6.07, 6.45) is 4.70. The molecule has 0 atom stereocenters. The molecule has 2 aromatic carbocycles. The normalized spacial score (nSPS) is 18.2. The van der Waals surface area contributed by atoms with E-state index >= 15 is 0 Å². The topological polar surface area (TPSA) is 98.5 Å². The third-order valence-electron chi connectivity index (χ3n) is 5.29. The zero-order chi connectivity index (χ0) is 20.4. The molecule has 1 spiro atoms. The standard InChI is InChI=1S/C21H24FN5O2/c1-28-15-6-5-7-16(13-15)29-18-9-8-14(12-17(18)22)27-20(24)25-19(23)26-21(27)10-3-2-4-11-21/h5-9,12-13H,2-4,10-11H2,1H3,(H4,23,24,25,26). The van der Waals surface area contributed by atoms with Crippen LogP contribution < -0.4 is 25.8 Å². The van der Waals surface area contributed by atoms with E-state index in [0.717, 1.165) is 32.1 Å². The summed E-state index contributed by atoms with van der Waals surface area (Å²) in [5.74, 6) is 1.10. The number of methoxy groups -OCH3 is 1. The van der Waals surface area contributed by atoms with Crippen LogP contribution >= 0.6 is 0 Å². The van der Waals surface area contributed by atoms with Crippen LogP contribution in [-0.2, 0) is 0 Å². The fourth-order valence-electron chi connectivity index (χ4n) is 4.00. The Morgan fingerprint density at radius 1 is 1.03 bits per heavy atom. The first-order chi connectivity index (χ1) is 14.0. The molecule has 0 bridgehead atoms. The Kier molecular flexibility index (Phi) is 5.00. The summed E-state index contributed by atoms with van der Waals surface area (Å²) in [6.45, 7) is 0. The Hall–Kier alpha value is -3.29. The SMILES string of the molecule is COc1cccc(Oc2ccc(N3C(N)=NC(N)=NC34CCCCC4)cc2F)c1. The van der Waals surface area contributed by atoms with Crippen molar-refractivity contribution in [2.24, 2.45) is 21.5 Å². The average Bonchev–Trinajstić information content (AvgIpc) is 2.70. The molecule has 2 aromatic rings. The number of ether oxygens (including phenoxy) is 2. The van der Waals surface area contributed by atoms with Crippen LogP contribution in [0.1, 0.15) is 32.1 Å². The first-order valence-corrected chi connectivity index (χ1v) is 9.62. The maximum Gasteiger partial charge on any atom is 0.220 e. The number of guanidine groups is 2. The molecule has 0 unspecified atom stereocenters. The summed E-state index contributed by atoms with van der Waals surface area (Å²) in [6, 6.07) is 11.7. The van der Waals surface area contributed by atoms with Crippen molar-refractivity contribution in [3.63, 3.8) is 0 Å². The van der Waals surface area contributed by atoms with Crippen LogP contribution in [0.3, 0.4) is 0 Å². The summed E-state index contributed by atoms with van der Waals surface area (Å²) in [5, 5.41) is 0. The van der Waals surface area contributed by atoms with E-state index in [1.54, 1.807) is 48.4 Å². The fraction of sp³-hybridized carbons (Fsp3) is 0.333. The third kappa shape index (κ3) is 3.70. The third-order valence-corrected chi connectivity index (χ3v) is 5.29. The summed E-state index contributed by atoms with van der Waals surface area (Å²) < 4.78 is 25.8. The zero-order valence-corrected chi connectivity index (χ0v) is 16.3. The lowest BCUT2D eigenvalue weighted by atomic mass is 9.87. The van der Waals surface area contributed by atoms with Crippen LogP contribution in [0.2, 0.25) is 0 Å². The fourth-order valence-corrected chi connectivity index (χ4v) is 4.00. The molecule has 1 fully saturated rings. The highest BCUT2D eigenvalue weighted by molar-refractivity contribution is 6.05. The molecule has 2 aliphatic rings. The summed E-state index contributed by atoms with van der Waals surface area (Å²) in [4.78, 5) is 10.5. The van der Waals surface area contributed by atoms with E-state index < -0.39 is 11.5 Å². The van der Waals surface area contributed by atoms with E-state index in [0.29, 0.717) is 17.2 Å². The Balaban J connectivity index is 1.65. The van der Waals surface area contributed by atoms with Crippen molar-refractivity contribution in [3.05, 3.63) is 48.3 Å². The highest BCUT2D eigenvalue weighted by Crippen LogP contribution is 2.40. The molecule has 152 valence electrons. The number of halogens is 1. The van der Waals surface area contributed by atoms with Gasteiger partial charge in [-0.15, -0.1) is 0 Å². The summed E-state index contributed by atoms with van der Waals surface area (Å²) in [7, 11) is 1.56. The first-order valence-electron chi connectivity index (χ1n) is 9.62. The van der Waals surface area contributed by atoms with Crippen LogP contribution in [0.5, 0.6) is 17.2 Å². The molecular weight excluding hydrogens is 373 g/mol. The molecule has 0 aromatic heterocycles. The van der Waals surface area contributed by atoms with Crippen molar-refractivity contribution in [3.8, 4) is 17.2 Å². The zero-order valence-electron chi connectivity index (χ0n) is 16.3. The molecule has 0 radical (unpaired) electrons. The minimum atomic E-state index is -0.615.